The van der Waals surface area contributed by atoms with Crippen LogP contribution in [0.1, 0.15) is 6.42 Å². The second kappa shape index (κ2) is 7.14. The molecule has 0 saturated carbocycles. The highest BCUT2D eigenvalue weighted by atomic mass is 31.1. The van der Waals surface area contributed by atoms with Crippen LogP contribution in [-0.4, -0.2) is 57.2 Å². The van der Waals surface area contributed by atoms with Gasteiger partial charge in [0.05, 0.1) is 27.2 Å². The second-order valence-corrected chi connectivity index (χ2v) is 5.37. The zero-order chi connectivity index (χ0) is 11.1. The largest absolute Gasteiger partial charge is 0.355 e. The first-order valence-electron chi connectivity index (χ1n) is 4.56. The van der Waals surface area contributed by atoms with Crippen molar-refractivity contribution in [2.45, 2.75) is 12.3 Å². The van der Waals surface area contributed by atoms with Gasteiger partial charge in [-0.3, -0.25) is 9.80 Å². The third kappa shape index (κ3) is 4.88. The maximum absolute atomic E-state index is 8.39. The lowest BCUT2D eigenvalue weighted by Crippen LogP contribution is -2.39. The molecule has 0 N–H and O–H groups in total. The molecule has 1 atom stereocenters. The Bertz CT molecular complexity index is 183. The third-order valence-corrected chi connectivity index (χ3v) is 3.92. The first-order chi connectivity index (χ1) is 6.50. The fraction of sp³-hybridized carbons (Fsp3) is 0.889. The molecule has 0 heterocycles. The van der Waals surface area contributed by atoms with E-state index in [4.69, 9.17) is 9.79 Å². The van der Waals surface area contributed by atoms with E-state index in [1.165, 1.54) is 0 Å². The first kappa shape index (κ1) is 13.8. The predicted octanol–water partition coefficient (Wildman–Crippen LogP) is 1.35. The van der Waals surface area contributed by atoms with Crippen molar-refractivity contribution in [3.63, 3.8) is 0 Å². The van der Waals surface area contributed by atoms with Gasteiger partial charge in [-0.05, 0) is 34.9 Å². The van der Waals surface area contributed by atoms with Gasteiger partial charge in [-0.2, -0.15) is 5.26 Å². The minimum Gasteiger partial charge on any atom is -0.355 e. The zero-order valence-electron chi connectivity index (χ0n) is 9.69. The van der Waals surface area contributed by atoms with Crippen LogP contribution in [0.5, 0.6) is 0 Å². The van der Waals surface area contributed by atoms with Crippen molar-refractivity contribution in [3.8, 4) is 6.07 Å². The van der Waals surface area contributed by atoms with E-state index in [0.29, 0.717) is 18.9 Å². The Morgan fingerprint density at radius 3 is 2.14 bits per heavy atom. The van der Waals surface area contributed by atoms with E-state index in [1.54, 1.807) is 0 Å². The van der Waals surface area contributed by atoms with E-state index in [0.717, 1.165) is 0 Å². The van der Waals surface area contributed by atoms with E-state index in [-0.39, 0.29) is 0 Å². The van der Waals surface area contributed by atoms with Gasteiger partial charge < -0.3 is 4.52 Å². The molecule has 0 aliphatic carbocycles. The van der Waals surface area contributed by atoms with Gasteiger partial charge in [0.2, 0.25) is 0 Å². The van der Waals surface area contributed by atoms with Crippen LogP contribution in [-0.2, 0) is 4.52 Å². The van der Waals surface area contributed by atoms with Crippen LogP contribution in [0.25, 0.3) is 0 Å². The SMILES string of the molecule is CN(C)C(N(C)C)P(C)OCCC#N. The van der Waals surface area contributed by atoms with Crippen LogP contribution < -0.4 is 0 Å². The lowest BCUT2D eigenvalue weighted by Gasteiger charge is -2.34. The van der Waals surface area contributed by atoms with Gasteiger partial charge in [-0.25, -0.2) is 0 Å². The number of hydrogen-bond donors (Lipinski definition) is 0. The molecule has 0 rings (SSSR count). The zero-order valence-corrected chi connectivity index (χ0v) is 10.6. The average molecular weight is 217 g/mol. The van der Waals surface area contributed by atoms with Crippen LogP contribution >= 0.6 is 8.15 Å². The summed E-state index contributed by atoms with van der Waals surface area (Å²) in [5, 5.41) is 8.39. The predicted molar refractivity (Wildman–Crippen MR) is 60.2 cm³/mol. The van der Waals surface area contributed by atoms with Crippen LogP contribution in [0.2, 0.25) is 0 Å². The molecule has 0 amide bonds. The lowest BCUT2D eigenvalue weighted by atomic mass is 10.5. The van der Waals surface area contributed by atoms with E-state index in [2.05, 4.69) is 22.5 Å². The second-order valence-electron chi connectivity index (χ2n) is 3.56. The Morgan fingerprint density at radius 2 is 1.79 bits per heavy atom. The quantitative estimate of drug-likeness (QED) is 0.382. The molecule has 0 aliphatic rings. The van der Waals surface area contributed by atoms with Crippen LogP contribution in [0.15, 0.2) is 0 Å². The molecule has 0 bridgehead atoms. The molecular weight excluding hydrogens is 197 g/mol. The summed E-state index contributed by atoms with van der Waals surface area (Å²) in [5.41, 5.74) is 0. The van der Waals surface area contributed by atoms with Crippen molar-refractivity contribution < 1.29 is 4.52 Å². The smallest absolute Gasteiger partial charge is 0.107 e. The summed E-state index contributed by atoms with van der Waals surface area (Å²) in [6.07, 6.45) is 0.472. The van der Waals surface area contributed by atoms with Gasteiger partial charge in [0.25, 0.3) is 0 Å². The third-order valence-electron chi connectivity index (χ3n) is 1.76. The summed E-state index contributed by atoms with van der Waals surface area (Å²) in [6, 6.07) is 2.08. The normalized spacial score (nSPS) is 13.6. The Hall–Kier alpha value is -0.200. The molecular formula is C9H20N3OP. The molecule has 5 heteroatoms. The number of hydrogen-bond acceptors (Lipinski definition) is 4. The highest BCUT2D eigenvalue weighted by Gasteiger charge is 2.21. The maximum atomic E-state index is 8.39. The highest BCUT2D eigenvalue weighted by molar-refractivity contribution is 7.52. The van der Waals surface area contributed by atoms with E-state index in [9.17, 15) is 0 Å². The minimum atomic E-state index is -0.534. The van der Waals surface area contributed by atoms with Crippen molar-refractivity contribution in [1.82, 2.24) is 9.80 Å². The number of rotatable bonds is 6. The molecule has 14 heavy (non-hydrogen) atoms. The summed E-state index contributed by atoms with van der Waals surface area (Å²) in [4.78, 5) is 4.27. The van der Waals surface area contributed by atoms with Crippen molar-refractivity contribution >= 4 is 8.15 Å². The van der Waals surface area contributed by atoms with Crippen LogP contribution in [0.4, 0.5) is 0 Å². The Labute approximate surface area is 88.3 Å². The lowest BCUT2D eigenvalue weighted by molar-refractivity contribution is 0.188. The molecule has 82 valence electrons. The monoisotopic (exact) mass is 217 g/mol. The van der Waals surface area contributed by atoms with Crippen molar-refractivity contribution in [3.05, 3.63) is 0 Å². The molecule has 0 aromatic rings. The molecule has 0 aromatic carbocycles. The molecule has 0 aliphatic heterocycles. The van der Waals surface area contributed by atoms with Gasteiger partial charge in [0, 0.05) is 0 Å². The van der Waals surface area contributed by atoms with Gasteiger partial charge >= 0.3 is 0 Å². The van der Waals surface area contributed by atoms with Crippen LogP contribution in [0, 0.1) is 11.3 Å². The summed E-state index contributed by atoms with van der Waals surface area (Å²) < 4.78 is 5.63. The highest BCUT2D eigenvalue weighted by Crippen LogP contribution is 2.40. The maximum Gasteiger partial charge on any atom is 0.107 e. The Kier molecular flexibility index (Phi) is 7.04. The van der Waals surface area contributed by atoms with Crippen molar-refractivity contribution in [2.75, 3.05) is 41.5 Å². The molecule has 0 saturated heterocycles. The van der Waals surface area contributed by atoms with Gasteiger partial charge in [-0.1, -0.05) is 0 Å². The first-order valence-corrected chi connectivity index (χ1v) is 6.34. The molecule has 0 fully saturated rings. The fourth-order valence-corrected chi connectivity index (χ4v) is 3.23. The molecule has 0 aromatic heterocycles. The molecule has 0 radical (unpaired) electrons. The molecule has 0 spiro atoms. The fourth-order valence-electron chi connectivity index (χ4n) is 1.41. The number of nitriles is 1. The van der Waals surface area contributed by atoms with Gasteiger partial charge in [-0.15, -0.1) is 0 Å². The van der Waals surface area contributed by atoms with E-state index < -0.39 is 8.15 Å². The van der Waals surface area contributed by atoms with E-state index >= 15 is 0 Å². The summed E-state index contributed by atoms with van der Waals surface area (Å²) in [5.74, 6) is 0.309. The van der Waals surface area contributed by atoms with E-state index in [1.807, 2.05) is 28.2 Å². The molecule has 1 unspecified atom stereocenters. The number of nitrogens with zero attached hydrogens (tertiary/aromatic N) is 3. The Balaban J connectivity index is 4.03. The van der Waals surface area contributed by atoms with Crippen LogP contribution in [0.3, 0.4) is 0 Å². The van der Waals surface area contributed by atoms with Gasteiger partial charge in [0.1, 0.15) is 5.91 Å². The minimum absolute atomic E-state index is 0.309. The standard InChI is InChI=1S/C9H20N3OP/c1-11(2)9(12(3)4)14(5)13-8-6-7-10/h9H,6,8H2,1-5H3. The Morgan fingerprint density at radius 1 is 1.29 bits per heavy atom. The summed E-state index contributed by atoms with van der Waals surface area (Å²) in [7, 11) is 7.62. The molecule has 4 nitrogen and oxygen atoms in total. The average Bonchev–Trinajstić information content (AvgIpc) is 2.03. The summed E-state index contributed by atoms with van der Waals surface area (Å²) >= 11 is 0. The summed E-state index contributed by atoms with van der Waals surface area (Å²) in [6.45, 7) is 2.63. The van der Waals surface area contributed by atoms with Crippen molar-refractivity contribution in [2.24, 2.45) is 0 Å². The van der Waals surface area contributed by atoms with Gasteiger partial charge in [0.15, 0.2) is 0 Å². The van der Waals surface area contributed by atoms with Crippen molar-refractivity contribution in [1.29, 1.82) is 5.26 Å². The topological polar surface area (TPSA) is 39.5 Å².